The fourth-order valence-corrected chi connectivity index (χ4v) is 2.09. The summed E-state index contributed by atoms with van der Waals surface area (Å²) in [6.07, 6.45) is 0. The molecule has 0 amide bonds. The van der Waals surface area contributed by atoms with Crippen molar-refractivity contribution in [1.82, 2.24) is 0 Å². The first-order valence-electron chi connectivity index (χ1n) is 6.61. The average Bonchev–Trinajstić information content (AvgIpc) is 2.52. The molecule has 0 aliphatic heterocycles. The molecule has 2 N–H and O–H groups in total. The molecule has 0 saturated carbocycles. The normalized spacial score (nSPS) is 10.3. The van der Waals surface area contributed by atoms with E-state index in [9.17, 15) is 4.39 Å². The predicted octanol–water partition coefficient (Wildman–Crippen LogP) is 4.87. The molecule has 21 heavy (non-hydrogen) atoms. The number of ether oxygens (including phenoxy) is 1. The molecule has 0 heterocycles. The van der Waals surface area contributed by atoms with Crippen molar-refractivity contribution < 1.29 is 9.13 Å². The van der Waals surface area contributed by atoms with Crippen LogP contribution < -0.4 is 10.5 Å². The lowest BCUT2D eigenvalue weighted by Crippen LogP contribution is -1.90. The number of nitrogens with two attached hydrogens (primary N) is 1. The molecule has 0 fully saturated rings. The minimum absolute atomic E-state index is 0.291. The molecule has 3 rings (SSSR count). The molecule has 0 radical (unpaired) electrons. The van der Waals surface area contributed by atoms with Gasteiger partial charge in [0, 0.05) is 11.3 Å². The van der Waals surface area contributed by atoms with E-state index in [4.69, 9.17) is 10.5 Å². The van der Waals surface area contributed by atoms with Gasteiger partial charge in [0.2, 0.25) is 0 Å². The van der Waals surface area contributed by atoms with Gasteiger partial charge in [-0.3, -0.25) is 0 Å². The van der Waals surface area contributed by atoms with Crippen LogP contribution in [0.1, 0.15) is 0 Å². The molecule has 3 heteroatoms. The predicted molar refractivity (Wildman–Crippen MR) is 82.8 cm³/mol. The maximum Gasteiger partial charge on any atom is 0.131 e. The summed E-state index contributed by atoms with van der Waals surface area (Å²) >= 11 is 0. The van der Waals surface area contributed by atoms with Crippen LogP contribution in [0.2, 0.25) is 0 Å². The molecule has 0 bridgehead atoms. The number of hydrogen-bond donors (Lipinski definition) is 1. The summed E-state index contributed by atoms with van der Waals surface area (Å²) in [5.74, 6) is 1.18. The van der Waals surface area contributed by atoms with Crippen molar-refractivity contribution in [1.29, 1.82) is 0 Å². The Labute approximate surface area is 122 Å². The molecule has 0 aliphatic rings. The van der Waals surface area contributed by atoms with Crippen LogP contribution in [0.4, 0.5) is 10.1 Å². The lowest BCUT2D eigenvalue weighted by Gasteiger charge is -2.08. The van der Waals surface area contributed by atoms with Gasteiger partial charge in [-0.05, 0) is 48.0 Å². The van der Waals surface area contributed by atoms with Gasteiger partial charge >= 0.3 is 0 Å². The van der Waals surface area contributed by atoms with Crippen molar-refractivity contribution in [2.75, 3.05) is 5.73 Å². The van der Waals surface area contributed by atoms with Crippen molar-refractivity contribution in [3.63, 3.8) is 0 Å². The van der Waals surface area contributed by atoms with Gasteiger partial charge in [0.1, 0.15) is 17.3 Å². The van der Waals surface area contributed by atoms with E-state index in [1.807, 2.05) is 54.6 Å². The largest absolute Gasteiger partial charge is 0.457 e. The number of rotatable bonds is 3. The Morgan fingerprint density at radius 2 is 1.43 bits per heavy atom. The minimum Gasteiger partial charge on any atom is -0.457 e. The first-order chi connectivity index (χ1) is 10.2. The van der Waals surface area contributed by atoms with Gasteiger partial charge in [0.25, 0.3) is 0 Å². The maximum absolute atomic E-state index is 13.8. The number of nitrogen functional groups attached to an aromatic ring is 1. The van der Waals surface area contributed by atoms with Crippen molar-refractivity contribution in [2.45, 2.75) is 0 Å². The van der Waals surface area contributed by atoms with Crippen LogP contribution in [0, 0.1) is 5.82 Å². The maximum atomic E-state index is 13.8. The van der Waals surface area contributed by atoms with E-state index in [0.29, 0.717) is 17.0 Å². The van der Waals surface area contributed by atoms with Crippen molar-refractivity contribution in [3.8, 4) is 22.6 Å². The summed E-state index contributed by atoms with van der Waals surface area (Å²) in [4.78, 5) is 0. The lowest BCUT2D eigenvalue weighted by molar-refractivity contribution is 0.483. The lowest BCUT2D eigenvalue weighted by atomic mass is 10.0. The fraction of sp³-hybridized carbons (Fsp3) is 0. The summed E-state index contributed by atoms with van der Waals surface area (Å²) in [7, 11) is 0. The summed E-state index contributed by atoms with van der Waals surface area (Å²) in [5.41, 5.74) is 7.49. The van der Waals surface area contributed by atoms with Crippen LogP contribution in [0.3, 0.4) is 0 Å². The Morgan fingerprint density at radius 1 is 0.762 bits per heavy atom. The number of anilines is 1. The zero-order valence-electron chi connectivity index (χ0n) is 11.3. The first-order valence-corrected chi connectivity index (χ1v) is 6.61. The molecule has 0 spiro atoms. The number of halogens is 1. The van der Waals surface area contributed by atoms with Crippen molar-refractivity contribution >= 4 is 5.69 Å². The quantitative estimate of drug-likeness (QED) is 0.694. The van der Waals surface area contributed by atoms with Gasteiger partial charge < -0.3 is 10.5 Å². The number of benzene rings is 3. The SMILES string of the molecule is Nc1ccc(F)c(-c2ccc(Oc3ccccc3)cc2)c1. The molecular formula is C18H14FNO. The highest BCUT2D eigenvalue weighted by atomic mass is 19.1. The highest BCUT2D eigenvalue weighted by Crippen LogP contribution is 2.28. The monoisotopic (exact) mass is 279 g/mol. The van der Waals surface area contributed by atoms with Crippen LogP contribution >= 0.6 is 0 Å². The fourth-order valence-electron chi connectivity index (χ4n) is 2.09. The Balaban J connectivity index is 1.85. The van der Waals surface area contributed by atoms with Gasteiger partial charge in [-0.2, -0.15) is 0 Å². The molecule has 104 valence electrons. The van der Waals surface area contributed by atoms with Crippen molar-refractivity contribution in [3.05, 3.63) is 78.6 Å². The van der Waals surface area contributed by atoms with E-state index < -0.39 is 0 Å². The second-order valence-corrected chi connectivity index (χ2v) is 4.68. The zero-order chi connectivity index (χ0) is 14.7. The van der Waals surface area contributed by atoms with Crippen LogP contribution in [-0.4, -0.2) is 0 Å². The number of para-hydroxylation sites is 1. The summed E-state index contributed by atoms with van der Waals surface area (Å²) < 4.78 is 19.5. The second kappa shape index (κ2) is 5.67. The smallest absolute Gasteiger partial charge is 0.131 e. The van der Waals surface area contributed by atoms with E-state index in [1.165, 1.54) is 6.07 Å². The van der Waals surface area contributed by atoms with Crippen LogP contribution in [0.25, 0.3) is 11.1 Å². The topological polar surface area (TPSA) is 35.2 Å². The molecule has 3 aromatic rings. The van der Waals surface area contributed by atoms with E-state index in [0.717, 1.165) is 11.3 Å². The Kier molecular flexibility index (Phi) is 3.56. The molecular weight excluding hydrogens is 265 g/mol. The standard InChI is InChI=1S/C18H14FNO/c19-18-11-8-14(20)12-17(18)13-6-9-16(10-7-13)21-15-4-2-1-3-5-15/h1-12H,20H2. The van der Waals surface area contributed by atoms with E-state index in [-0.39, 0.29) is 5.82 Å². The van der Waals surface area contributed by atoms with Gasteiger partial charge in [-0.25, -0.2) is 4.39 Å². The summed E-state index contributed by atoms with van der Waals surface area (Å²) in [6.45, 7) is 0. The third-order valence-corrected chi connectivity index (χ3v) is 3.13. The summed E-state index contributed by atoms with van der Waals surface area (Å²) in [5, 5.41) is 0. The molecule has 0 aliphatic carbocycles. The van der Waals surface area contributed by atoms with Crippen LogP contribution in [0.15, 0.2) is 72.8 Å². The molecule has 0 aromatic heterocycles. The van der Waals surface area contributed by atoms with E-state index in [1.54, 1.807) is 12.1 Å². The molecule has 0 saturated heterocycles. The Hall–Kier alpha value is -2.81. The third-order valence-electron chi connectivity index (χ3n) is 3.13. The second-order valence-electron chi connectivity index (χ2n) is 4.68. The first kappa shape index (κ1) is 13.2. The highest BCUT2D eigenvalue weighted by Gasteiger charge is 2.06. The Morgan fingerprint density at radius 3 is 2.14 bits per heavy atom. The van der Waals surface area contributed by atoms with Gasteiger partial charge in [-0.15, -0.1) is 0 Å². The van der Waals surface area contributed by atoms with E-state index in [2.05, 4.69) is 0 Å². The third kappa shape index (κ3) is 3.03. The Bertz CT molecular complexity index is 739. The molecule has 3 aromatic carbocycles. The van der Waals surface area contributed by atoms with Crippen LogP contribution in [0.5, 0.6) is 11.5 Å². The average molecular weight is 279 g/mol. The van der Waals surface area contributed by atoms with Crippen LogP contribution in [-0.2, 0) is 0 Å². The van der Waals surface area contributed by atoms with Gasteiger partial charge in [-0.1, -0.05) is 30.3 Å². The van der Waals surface area contributed by atoms with Gasteiger partial charge in [0.15, 0.2) is 0 Å². The summed E-state index contributed by atoms with van der Waals surface area (Å²) in [6, 6.07) is 21.3. The zero-order valence-corrected chi connectivity index (χ0v) is 11.3. The molecule has 0 atom stereocenters. The molecule has 2 nitrogen and oxygen atoms in total. The van der Waals surface area contributed by atoms with Crippen molar-refractivity contribution in [2.24, 2.45) is 0 Å². The highest BCUT2D eigenvalue weighted by molar-refractivity contribution is 5.68. The van der Waals surface area contributed by atoms with Gasteiger partial charge in [0.05, 0.1) is 0 Å². The minimum atomic E-state index is -0.291. The van der Waals surface area contributed by atoms with E-state index >= 15 is 0 Å². The number of hydrogen-bond acceptors (Lipinski definition) is 2. The molecule has 0 unspecified atom stereocenters.